The van der Waals surface area contributed by atoms with Crippen LogP contribution in [0.1, 0.15) is 30.3 Å². The van der Waals surface area contributed by atoms with Crippen LogP contribution >= 0.6 is 11.3 Å². The van der Waals surface area contributed by atoms with Gasteiger partial charge in [-0.15, -0.1) is 11.3 Å². The SMILES string of the molecule is CCOC(=O)C1CCCN(C(=O)c2csc(-c3cc4ccccc4[nH]3)n2)C1. The third-order valence-corrected chi connectivity index (χ3v) is 5.69. The van der Waals surface area contributed by atoms with Crippen molar-refractivity contribution in [3.8, 4) is 10.7 Å². The first kappa shape index (κ1) is 17.7. The zero-order valence-corrected chi connectivity index (χ0v) is 15.9. The number of aromatic nitrogens is 2. The molecule has 0 spiro atoms. The normalized spacial score (nSPS) is 17.2. The number of H-pyrrole nitrogens is 1. The zero-order valence-electron chi connectivity index (χ0n) is 15.1. The van der Waals surface area contributed by atoms with Crippen LogP contribution in [0.3, 0.4) is 0 Å². The molecule has 1 fully saturated rings. The minimum Gasteiger partial charge on any atom is -0.466 e. The van der Waals surface area contributed by atoms with Crippen LogP contribution in [0.2, 0.25) is 0 Å². The number of aromatic amines is 1. The van der Waals surface area contributed by atoms with Crippen LogP contribution in [0.5, 0.6) is 0 Å². The molecule has 4 rings (SSSR count). The summed E-state index contributed by atoms with van der Waals surface area (Å²) < 4.78 is 5.11. The number of piperidine rings is 1. The number of hydrogen-bond donors (Lipinski definition) is 1. The number of para-hydroxylation sites is 1. The summed E-state index contributed by atoms with van der Waals surface area (Å²) in [5.41, 5.74) is 2.38. The van der Waals surface area contributed by atoms with Gasteiger partial charge in [0.15, 0.2) is 0 Å². The van der Waals surface area contributed by atoms with Crippen LogP contribution in [0.25, 0.3) is 21.6 Å². The molecule has 1 N–H and O–H groups in total. The van der Waals surface area contributed by atoms with E-state index in [2.05, 4.69) is 9.97 Å². The second kappa shape index (κ2) is 7.52. The van der Waals surface area contributed by atoms with Crippen molar-refractivity contribution < 1.29 is 14.3 Å². The molecule has 1 aromatic carbocycles. The highest BCUT2D eigenvalue weighted by molar-refractivity contribution is 7.13. The predicted octanol–water partition coefficient (Wildman–Crippen LogP) is 3.71. The maximum absolute atomic E-state index is 12.9. The van der Waals surface area contributed by atoms with Crippen LogP contribution in [-0.4, -0.2) is 46.4 Å². The number of nitrogens with zero attached hydrogens (tertiary/aromatic N) is 2. The second-order valence-electron chi connectivity index (χ2n) is 6.65. The van der Waals surface area contributed by atoms with Gasteiger partial charge in [0.05, 0.1) is 18.2 Å². The summed E-state index contributed by atoms with van der Waals surface area (Å²) in [6.45, 7) is 3.21. The van der Waals surface area contributed by atoms with Crippen LogP contribution < -0.4 is 0 Å². The van der Waals surface area contributed by atoms with Crippen molar-refractivity contribution in [2.24, 2.45) is 5.92 Å². The first-order valence-electron chi connectivity index (χ1n) is 9.15. The Bertz CT molecular complexity index is 945. The zero-order chi connectivity index (χ0) is 18.8. The highest BCUT2D eigenvalue weighted by atomic mass is 32.1. The predicted molar refractivity (Wildman–Crippen MR) is 105 cm³/mol. The molecule has 3 aromatic rings. The first-order valence-corrected chi connectivity index (χ1v) is 10.0. The topological polar surface area (TPSA) is 75.3 Å². The first-order chi connectivity index (χ1) is 13.2. The van der Waals surface area contributed by atoms with E-state index in [1.165, 1.54) is 11.3 Å². The fourth-order valence-electron chi connectivity index (χ4n) is 3.46. The molecule has 3 heterocycles. The summed E-state index contributed by atoms with van der Waals surface area (Å²) in [6.07, 6.45) is 1.56. The molecule has 0 saturated carbocycles. The van der Waals surface area contributed by atoms with E-state index in [1.54, 1.807) is 17.2 Å². The van der Waals surface area contributed by atoms with Gasteiger partial charge in [0.2, 0.25) is 0 Å². The number of carbonyl (C=O) groups excluding carboxylic acids is 2. The van der Waals surface area contributed by atoms with Crippen LogP contribution in [0.15, 0.2) is 35.7 Å². The second-order valence-corrected chi connectivity index (χ2v) is 7.51. The number of esters is 1. The highest BCUT2D eigenvalue weighted by Gasteiger charge is 2.30. The number of thiazole rings is 1. The molecule has 1 unspecified atom stereocenters. The molecule has 0 aliphatic carbocycles. The Kier molecular flexibility index (Phi) is 4.94. The highest BCUT2D eigenvalue weighted by Crippen LogP contribution is 2.28. The van der Waals surface area contributed by atoms with Crippen molar-refractivity contribution in [1.82, 2.24) is 14.9 Å². The Morgan fingerprint density at radius 1 is 1.37 bits per heavy atom. The lowest BCUT2D eigenvalue weighted by Crippen LogP contribution is -2.42. The van der Waals surface area contributed by atoms with E-state index in [4.69, 9.17) is 4.74 Å². The minimum atomic E-state index is -0.241. The Morgan fingerprint density at radius 2 is 2.22 bits per heavy atom. The number of hydrogen-bond acceptors (Lipinski definition) is 5. The fraction of sp³-hybridized carbons (Fsp3) is 0.350. The average molecular weight is 383 g/mol. The maximum atomic E-state index is 12.9. The van der Waals surface area contributed by atoms with Crippen molar-refractivity contribution in [2.45, 2.75) is 19.8 Å². The van der Waals surface area contributed by atoms with Crippen molar-refractivity contribution >= 4 is 34.1 Å². The van der Waals surface area contributed by atoms with Gasteiger partial charge in [0.1, 0.15) is 10.7 Å². The molecule has 1 aliphatic heterocycles. The van der Waals surface area contributed by atoms with Gasteiger partial charge in [0, 0.05) is 29.4 Å². The Balaban J connectivity index is 1.50. The molecule has 1 saturated heterocycles. The van der Waals surface area contributed by atoms with E-state index in [1.807, 2.05) is 30.3 Å². The van der Waals surface area contributed by atoms with Crippen LogP contribution in [0, 0.1) is 5.92 Å². The Labute approximate surface area is 161 Å². The van der Waals surface area contributed by atoms with Crippen molar-refractivity contribution in [2.75, 3.05) is 19.7 Å². The summed E-state index contributed by atoms with van der Waals surface area (Å²) in [6, 6.07) is 10.1. The van der Waals surface area contributed by atoms with Crippen molar-refractivity contribution in [3.05, 3.63) is 41.4 Å². The van der Waals surface area contributed by atoms with Gasteiger partial charge in [-0.25, -0.2) is 4.98 Å². The van der Waals surface area contributed by atoms with Gasteiger partial charge >= 0.3 is 5.97 Å². The van der Waals surface area contributed by atoms with Gasteiger partial charge in [-0.2, -0.15) is 0 Å². The summed E-state index contributed by atoms with van der Waals surface area (Å²) in [7, 11) is 0. The minimum absolute atomic E-state index is 0.123. The van der Waals surface area contributed by atoms with Gasteiger partial charge < -0.3 is 14.6 Å². The number of fused-ring (bicyclic) bond motifs is 1. The smallest absolute Gasteiger partial charge is 0.310 e. The quantitative estimate of drug-likeness (QED) is 0.697. The molecule has 2 aromatic heterocycles. The molecule has 27 heavy (non-hydrogen) atoms. The van der Waals surface area contributed by atoms with Gasteiger partial charge in [0.25, 0.3) is 5.91 Å². The van der Waals surface area contributed by atoms with Crippen molar-refractivity contribution in [3.63, 3.8) is 0 Å². The maximum Gasteiger partial charge on any atom is 0.310 e. The summed E-state index contributed by atoms with van der Waals surface area (Å²) >= 11 is 1.44. The van der Waals surface area contributed by atoms with E-state index in [0.717, 1.165) is 34.4 Å². The van der Waals surface area contributed by atoms with Gasteiger partial charge in [-0.1, -0.05) is 18.2 Å². The van der Waals surface area contributed by atoms with Gasteiger partial charge in [-0.3, -0.25) is 9.59 Å². The third-order valence-electron chi connectivity index (χ3n) is 4.81. The number of benzene rings is 1. The number of likely N-dealkylation sites (tertiary alicyclic amines) is 1. The summed E-state index contributed by atoms with van der Waals surface area (Å²) in [5.74, 6) is -0.580. The lowest BCUT2D eigenvalue weighted by atomic mass is 9.98. The Hall–Kier alpha value is -2.67. The van der Waals surface area contributed by atoms with Crippen LogP contribution in [0.4, 0.5) is 0 Å². The van der Waals surface area contributed by atoms with E-state index >= 15 is 0 Å². The molecule has 140 valence electrons. The van der Waals surface area contributed by atoms with E-state index in [-0.39, 0.29) is 17.8 Å². The molecule has 0 bridgehead atoms. The van der Waals surface area contributed by atoms with E-state index in [0.29, 0.717) is 25.4 Å². The molecular weight excluding hydrogens is 362 g/mol. The third kappa shape index (κ3) is 3.60. The molecular formula is C20H21N3O3S. The van der Waals surface area contributed by atoms with Gasteiger partial charge in [-0.05, 0) is 31.9 Å². The lowest BCUT2D eigenvalue weighted by Gasteiger charge is -2.31. The monoisotopic (exact) mass is 383 g/mol. The van der Waals surface area contributed by atoms with Crippen LogP contribution in [-0.2, 0) is 9.53 Å². The summed E-state index contributed by atoms with van der Waals surface area (Å²) in [5, 5.41) is 3.69. The lowest BCUT2D eigenvalue weighted by molar-refractivity contribution is -0.149. The number of ether oxygens (including phenoxy) is 1. The molecule has 6 nitrogen and oxygen atoms in total. The van der Waals surface area contributed by atoms with Crippen molar-refractivity contribution in [1.29, 1.82) is 0 Å². The molecule has 1 atom stereocenters. The molecule has 1 amide bonds. The largest absolute Gasteiger partial charge is 0.466 e. The van der Waals surface area contributed by atoms with E-state index < -0.39 is 0 Å². The number of rotatable bonds is 4. The fourth-order valence-corrected chi connectivity index (χ4v) is 4.23. The molecule has 7 heteroatoms. The Morgan fingerprint density at radius 3 is 3.04 bits per heavy atom. The number of amides is 1. The number of carbonyl (C=O) groups is 2. The van der Waals surface area contributed by atoms with E-state index in [9.17, 15) is 9.59 Å². The molecule has 1 aliphatic rings. The average Bonchev–Trinajstić information content (AvgIpc) is 3.34. The standard InChI is InChI=1S/C20H21N3O3S/c1-2-26-20(25)14-7-5-9-23(11-14)19(24)17-12-27-18(22-17)16-10-13-6-3-4-8-15(13)21-16/h3-4,6,8,10,12,14,21H,2,5,7,9,11H2,1H3. The number of nitrogens with one attached hydrogen (secondary N) is 1. The summed E-state index contributed by atoms with van der Waals surface area (Å²) in [4.78, 5) is 34.4. The molecule has 0 radical (unpaired) electrons.